The minimum absolute atomic E-state index is 0.00343. The molecule has 1 amide bonds. The molecule has 3 rings (SSSR count). The SMILES string of the molecule is CC(=O)Nc1ccc(OCC(O)Cn2cc(C)n(-c3ccc(C(C)=O)cc3)c2=O)cc1. The van der Waals surface area contributed by atoms with Gasteiger partial charge in [-0.05, 0) is 62.4 Å². The summed E-state index contributed by atoms with van der Waals surface area (Å²) in [6.45, 7) is 4.80. The quantitative estimate of drug-likeness (QED) is 0.542. The number of nitrogens with one attached hydrogen (secondary N) is 1. The van der Waals surface area contributed by atoms with Gasteiger partial charge in [0.1, 0.15) is 18.5 Å². The zero-order chi connectivity index (χ0) is 22.5. The molecule has 2 aromatic carbocycles. The van der Waals surface area contributed by atoms with Crippen molar-refractivity contribution in [3.63, 3.8) is 0 Å². The Hall–Kier alpha value is -3.65. The molecule has 3 aromatic rings. The van der Waals surface area contributed by atoms with Crippen LogP contribution in [0.1, 0.15) is 29.9 Å². The zero-order valence-electron chi connectivity index (χ0n) is 17.7. The Morgan fingerprint density at radius 1 is 1.06 bits per heavy atom. The van der Waals surface area contributed by atoms with Crippen LogP contribution in [0.15, 0.2) is 59.5 Å². The number of hydrogen-bond acceptors (Lipinski definition) is 5. The molecule has 8 heteroatoms. The number of amides is 1. The van der Waals surface area contributed by atoms with Crippen molar-refractivity contribution in [3.05, 3.63) is 76.5 Å². The molecule has 1 atom stereocenters. The Morgan fingerprint density at radius 3 is 2.29 bits per heavy atom. The van der Waals surface area contributed by atoms with Crippen LogP contribution in [0.25, 0.3) is 5.69 Å². The second-order valence-electron chi connectivity index (χ2n) is 7.31. The van der Waals surface area contributed by atoms with E-state index in [1.165, 1.54) is 23.0 Å². The molecule has 1 unspecified atom stereocenters. The predicted molar refractivity (Wildman–Crippen MR) is 117 cm³/mol. The molecule has 8 nitrogen and oxygen atoms in total. The highest BCUT2D eigenvalue weighted by Crippen LogP contribution is 2.16. The number of ketones is 1. The van der Waals surface area contributed by atoms with Crippen LogP contribution in [0.5, 0.6) is 5.75 Å². The molecule has 0 aliphatic heterocycles. The van der Waals surface area contributed by atoms with Crippen molar-refractivity contribution in [3.8, 4) is 11.4 Å². The van der Waals surface area contributed by atoms with Crippen LogP contribution < -0.4 is 15.7 Å². The maximum atomic E-state index is 12.8. The number of nitrogens with zero attached hydrogens (tertiary/aromatic N) is 2. The van der Waals surface area contributed by atoms with E-state index in [9.17, 15) is 19.5 Å². The number of hydrogen-bond donors (Lipinski definition) is 2. The molecule has 162 valence electrons. The van der Waals surface area contributed by atoms with Gasteiger partial charge in [-0.2, -0.15) is 0 Å². The van der Waals surface area contributed by atoms with Crippen molar-refractivity contribution < 1.29 is 19.4 Å². The van der Waals surface area contributed by atoms with E-state index in [2.05, 4.69) is 5.32 Å². The molecule has 0 radical (unpaired) electrons. The Morgan fingerprint density at radius 2 is 1.71 bits per heavy atom. The zero-order valence-corrected chi connectivity index (χ0v) is 17.7. The molecule has 0 aliphatic rings. The number of ether oxygens (including phenoxy) is 1. The number of aliphatic hydroxyl groups excluding tert-OH is 1. The number of aryl methyl sites for hydroxylation is 1. The van der Waals surface area contributed by atoms with Crippen molar-refractivity contribution in [2.75, 3.05) is 11.9 Å². The van der Waals surface area contributed by atoms with Gasteiger partial charge in [0.2, 0.25) is 5.91 Å². The molecule has 0 saturated heterocycles. The number of aliphatic hydroxyl groups is 1. The Labute approximate surface area is 179 Å². The lowest BCUT2D eigenvalue weighted by Crippen LogP contribution is -2.31. The van der Waals surface area contributed by atoms with Crippen molar-refractivity contribution >= 4 is 17.4 Å². The number of rotatable bonds is 8. The summed E-state index contributed by atoms with van der Waals surface area (Å²) in [5.74, 6) is 0.340. The van der Waals surface area contributed by atoms with E-state index >= 15 is 0 Å². The lowest BCUT2D eigenvalue weighted by Gasteiger charge is -2.13. The number of Topliss-reactive ketones (excluding diaryl/α,β-unsaturated/α-hetero) is 1. The van der Waals surface area contributed by atoms with Crippen LogP contribution in [-0.4, -0.2) is 38.6 Å². The fourth-order valence-corrected chi connectivity index (χ4v) is 3.22. The first kappa shape index (κ1) is 22.0. The third-order valence-corrected chi connectivity index (χ3v) is 4.69. The van der Waals surface area contributed by atoms with E-state index in [0.717, 1.165) is 0 Å². The lowest BCUT2D eigenvalue weighted by molar-refractivity contribution is -0.114. The Balaban J connectivity index is 1.64. The minimum atomic E-state index is -0.900. The van der Waals surface area contributed by atoms with Crippen LogP contribution in [0.2, 0.25) is 0 Å². The van der Waals surface area contributed by atoms with E-state index in [1.54, 1.807) is 61.7 Å². The fraction of sp³-hybridized carbons (Fsp3) is 0.261. The van der Waals surface area contributed by atoms with E-state index < -0.39 is 6.10 Å². The van der Waals surface area contributed by atoms with Gasteiger partial charge in [-0.3, -0.25) is 18.7 Å². The number of carbonyl (C=O) groups excluding carboxylic acids is 2. The summed E-state index contributed by atoms with van der Waals surface area (Å²) >= 11 is 0. The van der Waals surface area contributed by atoms with E-state index in [0.29, 0.717) is 28.4 Å². The number of benzene rings is 2. The van der Waals surface area contributed by atoms with Crippen LogP contribution in [-0.2, 0) is 11.3 Å². The van der Waals surface area contributed by atoms with Crippen molar-refractivity contribution in [2.24, 2.45) is 0 Å². The maximum absolute atomic E-state index is 12.8. The highest BCUT2D eigenvalue weighted by Gasteiger charge is 2.14. The van der Waals surface area contributed by atoms with Gasteiger partial charge >= 0.3 is 5.69 Å². The van der Waals surface area contributed by atoms with Gasteiger partial charge in [-0.25, -0.2) is 4.79 Å². The molecule has 0 bridgehead atoms. The van der Waals surface area contributed by atoms with Crippen molar-refractivity contribution in [2.45, 2.75) is 33.4 Å². The summed E-state index contributed by atoms with van der Waals surface area (Å²) in [5, 5.41) is 13.0. The summed E-state index contributed by atoms with van der Waals surface area (Å²) in [5.41, 5.74) is 2.30. The second-order valence-corrected chi connectivity index (χ2v) is 7.31. The second kappa shape index (κ2) is 9.44. The summed E-state index contributed by atoms with van der Waals surface area (Å²) < 4.78 is 8.54. The average molecular weight is 423 g/mol. The van der Waals surface area contributed by atoms with E-state index in [4.69, 9.17) is 4.74 Å². The first-order valence-corrected chi connectivity index (χ1v) is 9.83. The molecular weight excluding hydrogens is 398 g/mol. The summed E-state index contributed by atoms with van der Waals surface area (Å²) in [6, 6.07) is 13.6. The first-order valence-electron chi connectivity index (χ1n) is 9.83. The van der Waals surface area contributed by atoms with Gasteiger partial charge in [0.05, 0.1) is 12.2 Å². The molecule has 0 fully saturated rings. The molecule has 1 heterocycles. The van der Waals surface area contributed by atoms with E-state index in [1.807, 2.05) is 0 Å². The number of aromatic nitrogens is 2. The molecule has 2 N–H and O–H groups in total. The minimum Gasteiger partial charge on any atom is -0.491 e. The van der Waals surface area contributed by atoms with E-state index in [-0.39, 0.29) is 30.5 Å². The monoisotopic (exact) mass is 423 g/mol. The van der Waals surface area contributed by atoms with Gasteiger partial charge in [0, 0.05) is 30.1 Å². The molecule has 31 heavy (non-hydrogen) atoms. The van der Waals surface area contributed by atoms with Crippen molar-refractivity contribution in [1.82, 2.24) is 9.13 Å². The number of carbonyl (C=O) groups is 2. The van der Waals surface area contributed by atoms with Gasteiger partial charge in [-0.1, -0.05) is 0 Å². The van der Waals surface area contributed by atoms with Crippen LogP contribution in [0.4, 0.5) is 5.69 Å². The van der Waals surface area contributed by atoms with Gasteiger partial charge in [0.15, 0.2) is 5.78 Å². The van der Waals surface area contributed by atoms with Crippen LogP contribution in [0, 0.1) is 6.92 Å². The van der Waals surface area contributed by atoms with Gasteiger partial charge < -0.3 is 15.2 Å². The Kier molecular flexibility index (Phi) is 6.71. The van der Waals surface area contributed by atoms with Crippen LogP contribution in [0.3, 0.4) is 0 Å². The topological polar surface area (TPSA) is 103 Å². The number of imidazole rings is 1. The van der Waals surface area contributed by atoms with Gasteiger partial charge in [0.25, 0.3) is 0 Å². The predicted octanol–water partition coefficient (Wildman–Crippen LogP) is 2.55. The fourth-order valence-electron chi connectivity index (χ4n) is 3.22. The summed E-state index contributed by atoms with van der Waals surface area (Å²) in [4.78, 5) is 35.3. The smallest absolute Gasteiger partial charge is 0.333 e. The standard InChI is InChI=1S/C23H25N3O5/c1-15-12-25(23(30)26(15)20-8-4-18(5-9-20)16(2)27)13-21(29)14-31-22-10-6-19(7-11-22)24-17(3)28/h4-12,21,29H,13-14H2,1-3H3,(H,24,28). The number of anilines is 1. The third-order valence-electron chi connectivity index (χ3n) is 4.69. The van der Waals surface area contributed by atoms with Crippen LogP contribution >= 0.6 is 0 Å². The third kappa shape index (κ3) is 5.49. The molecule has 0 saturated carbocycles. The highest BCUT2D eigenvalue weighted by molar-refractivity contribution is 5.94. The van der Waals surface area contributed by atoms with Crippen molar-refractivity contribution in [1.29, 1.82) is 0 Å². The first-order chi connectivity index (χ1) is 14.7. The largest absolute Gasteiger partial charge is 0.491 e. The molecule has 1 aromatic heterocycles. The maximum Gasteiger partial charge on any atom is 0.333 e. The van der Waals surface area contributed by atoms with Gasteiger partial charge in [-0.15, -0.1) is 0 Å². The summed E-state index contributed by atoms with van der Waals surface area (Å²) in [7, 11) is 0. The normalized spacial score (nSPS) is 11.7. The lowest BCUT2D eigenvalue weighted by atomic mass is 10.1. The highest BCUT2D eigenvalue weighted by atomic mass is 16.5. The molecule has 0 aliphatic carbocycles. The molecular formula is C23H25N3O5. The molecule has 0 spiro atoms. The summed E-state index contributed by atoms with van der Waals surface area (Å²) in [6.07, 6.45) is 0.773. The Bertz CT molecular complexity index is 1130. The average Bonchev–Trinajstić information content (AvgIpc) is 3.00.